The average molecular weight is 385 g/mol. The number of nitrogens with zero attached hydrogens (tertiary/aromatic N) is 5. The maximum atomic E-state index is 11.8. The molecule has 8 heteroatoms. The van der Waals surface area contributed by atoms with Gasteiger partial charge in [0.05, 0.1) is 41.5 Å². The van der Waals surface area contributed by atoms with Crippen molar-refractivity contribution in [2.24, 2.45) is 5.73 Å². The van der Waals surface area contributed by atoms with E-state index in [2.05, 4.69) is 39.9 Å². The summed E-state index contributed by atoms with van der Waals surface area (Å²) in [6.45, 7) is 11.8. The van der Waals surface area contributed by atoms with Crippen molar-refractivity contribution in [3.8, 4) is 22.8 Å². The van der Waals surface area contributed by atoms with Crippen molar-refractivity contribution in [1.82, 2.24) is 29.5 Å². The molecule has 1 aromatic carbocycles. The third-order valence-corrected chi connectivity index (χ3v) is 4.59. The molecule has 3 aromatic heterocycles. The van der Waals surface area contributed by atoms with Crippen LogP contribution in [0.3, 0.4) is 0 Å². The van der Waals surface area contributed by atoms with Crippen molar-refractivity contribution in [2.75, 3.05) is 0 Å². The molecule has 3 heterocycles. The van der Waals surface area contributed by atoms with Crippen LogP contribution in [0.5, 0.6) is 0 Å². The Balaban J connectivity index is 1.88. The standard InChI is InChI=1S/C21H19N7O/c1-4-7-28-19(10-14(5-2)26-28)17-12-23-21(25-17)15-8-13(20(22)29)9-18-16(15)11-24-27(18)6-3/h4-6,8-12H,1-3,7H2,(H2,22,29)(H,23,25). The lowest BCUT2D eigenvalue weighted by atomic mass is 10.1. The van der Waals surface area contributed by atoms with E-state index in [1.165, 1.54) is 0 Å². The molecule has 0 radical (unpaired) electrons. The summed E-state index contributed by atoms with van der Waals surface area (Å²) < 4.78 is 3.40. The van der Waals surface area contributed by atoms with Crippen LogP contribution in [0, 0.1) is 0 Å². The largest absolute Gasteiger partial charge is 0.366 e. The van der Waals surface area contributed by atoms with E-state index < -0.39 is 5.91 Å². The lowest BCUT2D eigenvalue weighted by Gasteiger charge is -2.05. The summed E-state index contributed by atoms with van der Waals surface area (Å²) in [4.78, 5) is 19.7. The number of hydrogen-bond donors (Lipinski definition) is 2. The number of nitrogens with two attached hydrogens (primary N) is 1. The number of H-pyrrole nitrogens is 1. The Bertz CT molecular complexity index is 1270. The number of carbonyl (C=O) groups excluding carboxylic acids is 1. The number of primary amides is 1. The highest BCUT2D eigenvalue weighted by molar-refractivity contribution is 6.02. The summed E-state index contributed by atoms with van der Waals surface area (Å²) >= 11 is 0. The molecule has 144 valence electrons. The van der Waals surface area contributed by atoms with Gasteiger partial charge in [0.2, 0.25) is 5.91 Å². The van der Waals surface area contributed by atoms with Crippen LogP contribution in [0.15, 0.2) is 56.4 Å². The van der Waals surface area contributed by atoms with Crippen LogP contribution in [-0.2, 0) is 6.54 Å². The van der Waals surface area contributed by atoms with Crippen LogP contribution in [-0.4, -0.2) is 35.4 Å². The molecule has 0 saturated carbocycles. The smallest absolute Gasteiger partial charge is 0.248 e. The molecule has 0 aliphatic carbocycles. The zero-order chi connectivity index (χ0) is 20.5. The maximum Gasteiger partial charge on any atom is 0.248 e. The lowest BCUT2D eigenvalue weighted by Crippen LogP contribution is -2.11. The highest BCUT2D eigenvalue weighted by Crippen LogP contribution is 2.30. The van der Waals surface area contributed by atoms with Gasteiger partial charge < -0.3 is 10.7 Å². The van der Waals surface area contributed by atoms with Gasteiger partial charge in [-0.25, -0.2) is 9.67 Å². The van der Waals surface area contributed by atoms with Gasteiger partial charge in [0, 0.05) is 22.7 Å². The van der Waals surface area contributed by atoms with Crippen molar-refractivity contribution in [2.45, 2.75) is 6.54 Å². The van der Waals surface area contributed by atoms with Crippen LogP contribution in [0.1, 0.15) is 16.1 Å². The highest BCUT2D eigenvalue weighted by Gasteiger charge is 2.17. The molecule has 0 aliphatic rings. The number of nitrogens with one attached hydrogen (secondary N) is 1. The van der Waals surface area contributed by atoms with Crippen molar-refractivity contribution in [3.63, 3.8) is 0 Å². The SMILES string of the molecule is C=CCn1nc(C=C)cc1-c1cnc(-c2cc(C(N)=O)cc3c2cnn3C=C)[nH]1. The van der Waals surface area contributed by atoms with Crippen LogP contribution in [0.25, 0.3) is 46.0 Å². The summed E-state index contributed by atoms with van der Waals surface area (Å²) in [7, 11) is 0. The topological polar surface area (TPSA) is 107 Å². The molecule has 0 spiro atoms. The first-order valence-electron chi connectivity index (χ1n) is 8.86. The van der Waals surface area contributed by atoms with E-state index in [1.54, 1.807) is 47.6 Å². The van der Waals surface area contributed by atoms with Gasteiger partial charge in [-0.3, -0.25) is 9.48 Å². The van der Waals surface area contributed by atoms with Gasteiger partial charge in [-0.05, 0) is 24.3 Å². The zero-order valence-electron chi connectivity index (χ0n) is 15.7. The number of rotatable bonds is 7. The number of fused-ring (bicyclic) bond motifs is 1. The molecule has 1 amide bonds. The second-order valence-electron chi connectivity index (χ2n) is 6.37. The minimum atomic E-state index is -0.531. The third-order valence-electron chi connectivity index (χ3n) is 4.59. The number of aromatic amines is 1. The van der Waals surface area contributed by atoms with Gasteiger partial charge in [-0.15, -0.1) is 6.58 Å². The zero-order valence-corrected chi connectivity index (χ0v) is 15.7. The molecule has 3 N–H and O–H groups in total. The second-order valence-corrected chi connectivity index (χ2v) is 6.37. The van der Waals surface area contributed by atoms with Crippen LogP contribution >= 0.6 is 0 Å². The van der Waals surface area contributed by atoms with Crippen molar-refractivity contribution >= 4 is 29.1 Å². The van der Waals surface area contributed by atoms with E-state index in [4.69, 9.17) is 5.73 Å². The molecule has 0 aliphatic heterocycles. The van der Waals surface area contributed by atoms with E-state index in [1.807, 2.05) is 10.7 Å². The number of amides is 1. The summed E-state index contributed by atoms with van der Waals surface area (Å²) in [5, 5.41) is 9.58. The Hall–Kier alpha value is -4.20. The summed E-state index contributed by atoms with van der Waals surface area (Å²) in [5.41, 5.74) is 9.70. The van der Waals surface area contributed by atoms with Gasteiger partial charge in [-0.2, -0.15) is 10.2 Å². The fraction of sp³-hybridized carbons (Fsp3) is 0.0476. The molecule has 0 unspecified atom stereocenters. The molecule has 8 nitrogen and oxygen atoms in total. The highest BCUT2D eigenvalue weighted by atomic mass is 16.1. The Labute approximate surface area is 166 Å². The van der Waals surface area contributed by atoms with E-state index in [-0.39, 0.29) is 0 Å². The van der Waals surface area contributed by atoms with Crippen LogP contribution < -0.4 is 5.73 Å². The summed E-state index contributed by atoms with van der Waals surface area (Å²) in [5.74, 6) is 0.0552. The van der Waals surface area contributed by atoms with E-state index in [0.29, 0.717) is 17.9 Å². The summed E-state index contributed by atoms with van der Waals surface area (Å²) in [6.07, 6.45) is 8.44. The van der Waals surface area contributed by atoms with Crippen LogP contribution in [0.4, 0.5) is 0 Å². The fourth-order valence-electron chi connectivity index (χ4n) is 3.23. The molecular weight excluding hydrogens is 366 g/mol. The predicted octanol–water partition coefficient (Wildman–Crippen LogP) is 3.32. The number of benzene rings is 1. The van der Waals surface area contributed by atoms with Crippen molar-refractivity contribution in [1.29, 1.82) is 0 Å². The quantitative estimate of drug-likeness (QED) is 0.476. The monoisotopic (exact) mass is 385 g/mol. The Morgan fingerprint density at radius 1 is 1.21 bits per heavy atom. The molecule has 0 fully saturated rings. The molecule has 29 heavy (non-hydrogen) atoms. The first-order valence-corrected chi connectivity index (χ1v) is 8.86. The number of carbonyl (C=O) groups is 1. The lowest BCUT2D eigenvalue weighted by molar-refractivity contribution is 0.100. The minimum Gasteiger partial charge on any atom is -0.366 e. The molecule has 4 aromatic rings. The molecule has 4 rings (SSSR count). The fourth-order valence-corrected chi connectivity index (χ4v) is 3.23. The first kappa shape index (κ1) is 18.2. The summed E-state index contributed by atoms with van der Waals surface area (Å²) in [6, 6.07) is 5.31. The van der Waals surface area contributed by atoms with Crippen LogP contribution in [0.2, 0.25) is 0 Å². The molecule has 0 saturated heterocycles. The number of hydrogen-bond acceptors (Lipinski definition) is 4. The van der Waals surface area contributed by atoms with E-state index in [9.17, 15) is 4.79 Å². The van der Waals surface area contributed by atoms with Gasteiger partial charge in [0.1, 0.15) is 5.82 Å². The predicted molar refractivity (Wildman–Crippen MR) is 114 cm³/mol. The van der Waals surface area contributed by atoms with Gasteiger partial charge in [0.25, 0.3) is 0 Å². The Morgan fingerprint density at radius 3 is 2.72 bits per heavy atom. The van der Waals surface area contributed by atoms with Gasteiger partial charge >= 0.3 is 0 Å². The van der Waals surface area contributed by atoms with Gasteiger partial charge in [0.15, 0.2) is 0 Å². The van der Waals surface area contributed by atoms with Crippen molar-refractivity contribution < 1.29 is 4.79 Å². The maximum absolute atomic E-state index is 11.8. The van der Waals surface area contributed by atoms with Gasteiger partial charge in [-0.1, -0.05) is 19.2 Å². The number of aromatic nitrogens is 6. The van der Waals surface area contributed by atoms with E-state index in [0.717, 1.165) is 33.5 Å². The minimum absolute atomic E-state index is 0.361. The molecular formula is C21H19N7O. The second kappa shape index (κ2) is 7.08. The van der Waals surface area contributed by atoms with Crippen molar-refractivity contribution in [3.05, 3.63) is 67.7 Å². The first-order chi connectivity index (χ1) is 14.0. The molecule has 0 bridgehead atoms. The average Bonchev–Trinajstić information content (AvgIpc) is 3.44. The number of allylic oxidation sites excluding steroid dienone is 1. The third kappa shape index (κ3) is 3.06. The van der Waals surface area contributed by atoms with E-state index >= 15 is 0 Å². The molecule has 0 atom stereocenters. The Kier molecular flexibility index (Phi) is 4.44. The number of imidazole rings is 1. The normalized spacial score (nSPS) is 10.9. The Morgan fingerprint density at radius 2 is 2.03 bits per heavy atom.